The van der Waals surface area contributed by atoms with E-state index in [0.717, 1.165) is 0 Å². The maximum atomic E-state index is 14.4. The van der Waals surface area contributed by atoms with Crippen molar-refractivity contribution in [2.75, 3.05) is 19.0 Å². The molecule has 2 heterocycles. The zero-order valence-electron chi connectivity index (χ0n) is 21.2. The van der Waals surface area contributed by atoms with Crippen LogP contribution in [0, 0.1) is 22.0 Å². The third kappa shape index (κ3) is 3.91. The van der Waals surface area contributed by atoms with Crippen LogP contribution in [0.5, 0.6) is 0 Å². The third-order valence-electron chi connectivity index (χ3n) is 7.57. The molecule has 198 valence electrons. The van der Waals surface area contributed by atoms with Gasteiger partial charge in [-0.3, -0.25) is 34.2 Å². The van der Waals surface area contributed by atoms with Crippen molar-refractivity contribution in [2.45, 2.75) is 18.5 Å². The monoisotopic (exact) mass is 527 g/mol. The Kier molecular flexibility index (Phi) is 6.57. The van der Waals surface area contributed by atoms with E-state index in [9.17, 15) is 29.3 Å². The molecule has 1 fully saturated rings. The van der Waals surface area contributed by atoms with Gasteiger partial charge in [0.05, 0.1) is 23.4 Å². The number of nitro groups is 1. The lowest BCUT2D eigenvalue weighted by Gasteiger charge is -2.35. The molecule has 1 amide bonds. The van der Waals surface area contributed by atoms with Crippen LogP contribution in [0.15, 0.2) is 78.9 Å². The molecular formula is C29H25N3O7. The van der Waals surface area contributed by atoms with Gasteiger partial charge in [0.25, 0.3) is 5.69 Å². The molecule has 2 aliphatic heterocycles. The standard InChI is InChI=1S/C29H25N3O7/c1-3-39-27(35)24-22(25(33)17-10-6-4-7-11-17)23(26(34)18-12-8-5-9-13-18)29(31(24)2)20-16-19(32(37)38)14-15-21(20)30-28(29)36/h4-16,22-24H,3H2,1-2H3,(H,30,36). The van der Waals surface area contributed by atoms with Crippen molar-refractivity contribution in [1.29, 1.82) is 0 Å². The molecule has 3 aromatic carbocycles. The van der Waals surface area contributed by atoms with Crippen molar-refractivity contribution in [1.82, 2.24) is 4.90 Å². The Bertz CT molecular complexity index is 1490. The van der Waals surface area contributed by atoms with Crippen LogP contribution >= 0.6 is 0 Å². The highest BCUT2D eigenvalue weighted by Crippen LogP contribution is 2.56. The topological polar surface area (TPSA) is 136 Å². The van der Waals surface area contributed by atoms with Crippen molar-refractivity contribution in [3.05, 3.63) is 106 Å². The Hall–Kier alpha value is -4.70. The summed E-state index contributed by atoms with van der Waals surface area (Å²) in [5, 5.41) is 14.4. The summed E-state index contributed by atoms with van der Waals surface area (Å²) in [5.41, 5.74) is -1.30. The van der Waals surface area contributed by atoms with E-state index in [2.05, 4.69) is 5.32 Å². The second-order valence-electron chi connectivity index (χ2n) is 9.48. The number of rotatable bonds is 7. The first-order valence-corrected chi connectivity index (χ1v) is 12.4. The number of ether oxygens (including phenoxy) is 1. The van der Waals surface area contributed by atoms with Gasteiger partial charge in [0.15, 0.2) is 11.6 Å². The number of nitrogens with zero attached hydrogens (tertiary/aromatic N) is 2. The van der Waals surface area contributed by atoms with Crippen molar-refractivity contribution in [3.8, 4) is 0 Å². The fourth-order valence-electron chi connectivity index (χ4n) is 5.95. The number of benzene rings is 3. The number of nitrogens with one attached hydrogen (secondary N) is 1. The van der Waals surface area contributed by atoms with Crippen LogP contribution < -0.4 is 5.32 Å². The number of nitro benzene ring substituents is 1. The molecule has 3 aromatic rings. The number of carbonyl (C=O) groups is 4. The van der Waals surface area contributed by atoms with Crippen molar-refractivity contribution >= 4 is 34.8 Å². The maximum absolute atomic E-state index is 14.4. The molecule has 10 heteroatoms. The van der Waals surface area contributed by atoms with Gasteiger partial charge in [-0.05, 0) is 20.0 Å². The van der Waals surface area contributed by atoms with E-state index < -0.39 is 51.8 Å². The first-order valence-electron chi connectivity index (χ1n) is 12.4. The molecule has 2 aliphatic rings. The second-order valence-corrected chi connectivity index (χ2v) is 9.48. The fourth-order valence-corrected chi connectivity index (χ4v) is 5.95. The van der Waals surface area contributed by atoms with Crippen LogP contribution in [-0.4, -0.2) is 53.0 Å². The summed E-state index contributed by atoms with van der Waals surface area (Å²) in [7, 11) is 1.47. The van der Waals surface area contributed by atoms with Gasteiger partial charge in [-0.2, -0.15) is 0 Å². The summed E-state index contributed by atoms with van der Waals surface area (Å²) in [6.45, 7) is 1.62. The highest BCUT2D eigenvalue weighted by atomic mass is 16.6. The van der Waals surface area contributed by atoms with Gasteiger partial charge in [0.1, 0.15) is 11.6 Å². The molecule has 0 aromatic heterocycles. The van der Waals surface area contributed by atoms with E-state index in [-0.39, 0.29) is 34.7 Å². The van der Waals surface area contributed by atoms with Gasteiger partial charge in [0, 0.05) is 34.5 Å². The number of likely N-dealkylation sites (N-methyl/N-ethyl adjacent to an activating group) is 1. The lowest BCUT2D eigenvalue weighted by Crippen LogP contribution is -2.53. The zero-order valence-corrected chi connectivity index (χ0v) is 21.2. The summed E-state index contributed by atoms with van der Waals surface area (Å²) in [6, 6.07) is 18.9. The molecule has 1 saturated heterocycles. The average Bonchev–Trinajstić information content (AvgIpc) is 3.39. The largest absolute Gasteiger partial charge is 0.465 e. The van der Waals surface area contributed by atoms with Crippen molar-refractivity contribution < 1.29 is 28.8 Å². The van der Waals surface area contributed by atoms with E-state index >= 15 is 0 Å². The van der Waals surface area contributed by atoms with Crippen LogP contribution in [0.4, 0.5) is 11.4 Å². The molecule has 1 N–H and O–H groups in total. The number of fused-ring (bicyclic) bond motifs is 2. The molecule has 4 atom stereocenters. The molecule has 5 rings (SSSR count). The molecule has 1 spiro atoms. The Balaban J connectivity index is 1.82. The Morgan fingerprint density at radius 3 is 2.13 bits per heavy atom. The highest BCUT2D eigenvalue weighted by Gasteiger charge is 2.70. The molecule has 39 heavy (non-hydrogen) atoms. The smallest absolute Gasteiger partial charge is 0.324 e. The highest BCUT2D eigenvalue weighted by molar-refractivity contribution is 6.16. The van der Waals surface area contributed by atoms with E-state index in [1.165, 1.54) is 30.1 Å². The molecule has 0 bridgehead atoms. The lowest BCUT2D eigenvalue weighted by atomic mass is 9.69. The summed E-state index contributed by atoms with van der Waals surface area (Å²) in [6.07, 6.45) is 0. The lowest BCUT2D eigenvalue weighted by molar-refractivity contribution is -0.384. The number of hydrogen-bond acceptors (Lipinski definition) is 8. The minimum absolute atomic E-state index is 0.00791. The Morgan fingerprint density at radius 1 is 0.974 bits per heavy atom. The van der Waals surface area contributed by atoms with E-state index in [1.807, 2.05) is 0 Å². The van der Waals surface area contributed by atoms with Crippen LogP contribution in [-0.2, 0) is 19.9 Å². The quantitative estimate of drug-likeness (QED) is 0.213. The SMILES string of the molecule is CCOC(=O)C1C(C(=O)c2ccccc2)C(C(=O)c2ccccc2)C2(C(=O)Nc3ccc([N+](=O)[O-])cc32)N1C. The number of ketones is 2. The molecular weight excluding hydrogens is 502 g/mol. The minimum Gasteiger partial charge on any atom is -0.465 e. The van der Waals surface area contributed by atoms with E-state index in [0.29, 0.717) is 0 Å². The van der Waals surface area contributed by atoms with Gasteiger partial charge in [0.2, 0.25) is 5.91 Å². The fraction of sp³-hybridized carbons (Fsp3) is 0.241. The predicted molar refractivity (Wildman–Crippen MR) is 140 cm³/mol. The molecule has 4 unspecified atom stereocenters. The number of likely N-dealkylation sites (tertiary alicyclic amines) is 1. The Morgan fingerprint density at radius 2 is 1.56 bits per heavy atom. The first kappa shape index (κ1) is 25.9. The second kappa shape index (κ2) is 9.88. The van der Waals surface area contributed by atoms with E-state index in [1.54, 1.807) is 67.6 Å². The number of amides is 1. The molecule has 0 saturated carbocycles. The number of carbonyl (C=O) groups excluding carboxylic acids is 4. The van der Waals surface area contributed by atoms with Gasteiger partial charge in [-0.1, -0.05) is 60.7 Å². The van der Waals surface area contributed by atoms with Crippen LogP contribution in [0.2, 0.25) is 0 Å². The average molecular weight is 528 g/mol. The van der Waals surface area contributed by atoms with Gasteiger partial charge >= 0.3 is 5.97 Å². The van der Waals surface area contributed by atoms with Crippen molar-refractivity contribution in [3.63, 3.8) is 0 Å². The summed E-state index contributed by atoms with van der Waals surface area (Å²) in [5.74, 6) is -5.23. The van der Waals surface area contributed by atoms with Crippen LogP contribution in [0.1, 0.15) is 33.2 Å². The van der Waals surface area contributed by atoms with Crippen molar-refractivity contribution in [2.24, 2.45) is 11.8 Å². The predicted octanol–water partition coefficient (Wildman–Crippen LogP) is 3.62. The normalized spacial score (nSPS) is 23.7. The number of anilines is 1. The van der Waals surface area contributed by atoms with Crippen LogP contribution in [0.25, 0.3) is 0 Å². The molecule has 0 radical (unpaired) electrons. The zero-order chi connectivity index (χ0) is 27.9. The number of hydrogen-bond donors (Lipinski definition) is 1. The minimum atomic E-state index is -1.90. The third-order valence-corrected chi connectivity index (χ3v) is 7.57. The van der Waals surface area contributed by atoms with Gasteiger partial charge < -0.3 is 10.1 Å². The molecule has 10 nitrogen and oxygen atoms in total. The number of Topliss-reactive ketones (excluding diaryl/α,β-unsaturated/α-hetero) is 2. The molecule has 0 aliphatic carbocycles. The number of non-ortho nitro benzene ring substituents is 1. The van der Waals surface area contributed by atoms with E-state index in [4.69, 9.17) is 4.74 Å². The van der Waals surface area contributed by atoms with Crippen LogP contribution in [0.3, 0.4) is 0 Å². The maximum Gasteiger partial charge on any atom is 0.324 e. The number of esters is 1. The summed E-state index contributed by atoms with van der Waals surface area (Å²) < 4.78 is 5.35. The van der Waals surface area contributed by atoms with Gasteiger partial charge in [-0.15, -0.1) is 0 Å². The Labute approximate surface area is 223 Å². The van der Waals surface area contributed by atoms with Gasteiger partial charge in [-0.25, -0.2) is 0 Å². The first-order chi connectivity index (χ1) is 18.7. The summed E-state index contributed by atoms with van der Waals surface area (Å²) in [4.78, 5) is 68.5. The summed E-state index contributed by atoms with van der Waals surface area (Å²) >= 11 is 0.